The number of guanidine groups is 1. The number of nitrogens with zero attached hydrogens (tertiary/aromatic N) is 2. The minimum absolute atomic E-state index is 0.146. The first-order valence-corrected chi connectivity index (χ1v) is 8.13. The average Bonchev–Trinajstić information content (AvgIpc) is 2.61. The predicted molar refractivity (Wildman–Crippen MR) is 93.8 cm³/mol. The summed E-state index contributed by atoms with van der Waals surface area (Å²) in [7, 11) is 0. The Hall–Kier alpha value is -2.70. The summed E-state index contributed by atoms with van der Waals surface area (Å²) in [5, 5.41) is 6.36. The lowest BCUT2D eigenvalue weighted by atomic mass is 10.2. The second-order valence-electron chi connectivity index (χ2n) is 5.22. The SMILES string of the molecule is CCNC(=NCc1ccccc1OC(F)F)NCCc1cccnc1. The van der Waals surface area contributed by atoms with Crippen LogP contribution in [-0.2, 0) is 13.0 Å². The van der Waals surface area contributed by atoms with Gasteiger partial charge in [-0.3, -0.25) is 4.98 Å². The first-order chi connectivity index (χ1) is 12.2. The van der Waals surface area contributed by atoms with Gasteiger partial charge in [0.25, 0.3) is 0 Å². The molecule has 0 amide bonds. The van der Waals surface area contributed by atoms with Gasteiger partial charge in [0, 0.05) is 31.0 Å². The number of aromatic nitrogens is 1. The zero-order valence-electron chi connectivity index (χ0n) is 14.1. The van der Waals surface area contributed by atoms with Crippen molar-refractivity contribution in [2.45, 2.75) is 26.5 Å². The van der Waals surface area contributed by atoms with E-state index in [1.165, 1.54) is 6.07 Å². The van der Waals surface area contributed by atoms with Crippen LogP contribution in [0.2, 0.25) is 0 Å². The van der Waals surface area contributed by atoms with Crippen LogP contribution in [0.25, 0.3) is 0 Å². The van der Waals surface area contributed by atoms with Gasteiger partial charge in [-0.05, 0) is 31.0 Å². The second kappa shape index (κ2) is 10.2. The molecule has 1 aromatic carbocycles. The molecule has 0 saturated carbocycles. The Kier molecular flexibility index (Phi) is 7.62. The lowest BCUT2D eigenvalue weighted by Crippen LogP contribution is -2.38. The topological polar surface area (TPSA) is 58.5 Å². The van der Waals surface area contributed by atoms with Gasteiger partial charge >= 0.3 is 6.61 Å². The van der Waals surface area contributed by atoms with Crippen LogP contribution in [0, 0.1) is 0 Å². The molecule has 2 N–H and O–H groups in total. The van der Waals surface area contributed by atoms with E-state index in [9.17, 15) is 8.78 Å². The molecule has 0 radical (unpaired) electrons. The van der Waals surface area contributed by atoms with Crippen LogP contribution in [-0.4, -0.2) is 30.6 Å². The second-order valence-corrected chi connectivity index (χ2v) is 5.22. The lowest BCUT2D eigenvalue weighted by Gasteiger charge is -2.12. The van der Waals surface area contributed by atoms with Crippen molar-refractivity contribution in [2.24, 2.45) is 4.99 Å². The normalized spacial score (nSPS) is 11.4. The molecule has 0 spiro atoms. The molecule has 0 bridgehead atoms. The van der Waals surface area contributed by atoms with Gasteiger partial charge < -0.3 is 15.4 Å². The summed E-state index contributed by atoms with van der Waals surface area (Å²) in [4.78, 5) is 8.52. The molecule has 0 aliphatic carbocycles. The van der Waals surface area contributed by atoms with E-state index in [-0.39, 0.29) is 12.3 Å². The molecule has 2 aromatic rings. The lowest BCUT2D eigenvalue weighted by molar-refractivity contribution is -0.0504. The largest absolute Gasteiger partial charge is 0.434 e. The van der Waals surface area contributed by atoms with Crippen molar-refractivity contribution in [1.29, 1.82) is 0 Å². The van der Waals surface area contributed by atoms with Gasteiger partial charge in [0.15, 0.2) is 5.96 Å². The highest BCUT2D eigenvalue weighted by Gasteiger charge is 2.09. The maximum Gasteiger partial charge on any atom is 0.387 e. The minimum Gasteiger partial charge on any atom is -0.434 e. The van der Waals surface area contributed by atoms with Gasteiger partial charge in [0.05, 0.1) is 6.54 Å². The van der Waals surface area contributed by atoms with Crippen molar-refractivity contribution >= 4 is 5.96 Å². The van der Waals surface area contributed by atoms with E-state index in [2.05, 4.69) is 25.3 Å². The molecule has 0 fully saturated rings. The summed E-state index contributed by atoms with van der Waals surface area (Å²) >= 11 is 0. The van der Waals surface area contributed by atoms with Crippen molar-refractivity contribution in [3.05, 3.63) is 59.9 Å². The Labute approximate surface area is 146 Å². The molecule has 0 aliphatic heterocycles. The predicted octanol–water partition coefficient (Wildman–Crippen LogP) is 2.98. The van der Waals surface area contributed by atoms with Crippen LogP contribution in [0.4, 0.5) is 8.78 Å². The summed E-state index contributed by atoms with van der Waals surface area (Å²) in [6.45, 7) is 0.744. The van der Waals surface area contributed by atoms with Crippen LogP contribution in [0.5, 0.6) is 5.75 Å². The summed E-state index contributed by atoms with van der Waals surface area (Å²) in [5.74, 6) is 0.769. The number of alkyl halides is 2. The number of hydrogen-bond donors (Lipinski definition) is 2. The number of para-hydroxylation sites is 1. The van der Waals surface area contributed by atoms with Gasteiger partial charge in [-0.2, -0.15) is 8.78 Å². The van der Waals surface area contributed by atoms with Crippen molar-refractivity contribution in [2.75, 3.05) is 13.1 Å². The fourth-order valence-electron chi connectivity index (χ4n) is 2.22. The Morgan fingerprint density at radius 3 is 2.76 bits per heavy atom. The van der Waals surface area contributed by atoms with Gasteiger partial charge in [-0.15, -0.1) is 0 Å². The summed E-state index contributed by atoms with van der Waals surface area (Å²) < 4.78 is 29.4. The van der Waals surface area contributed by atoms with Crippen LogP contribution in [0.15, 0.2) is 53.8 Å². The Morgan fingerprint density at radius 1 is 1.20 bits per heavy atom. The molecule has 0 atom stereocenters. The molecular formula is C18H22F2N4O. The molecule has 5 nitrogen and oxygen atoms in total. The summed E-state index contributed by atoms with van der Waals surface area (Å²) in [6, 6.07) is 10.6. The summed E-state index contributed by atoms with van der Waals surface area (Å²) in [5.41, 5.74) is 1.73. The molecule has 0 unspecified atom stereocenters. The maximum atomic E-state index is 12.5. The van der Waals surface area contributed by atoms with Crippen molar-refractivity contribution in [1.82, 2.24) is 15.6 Å². The highest BCUT2D eigenvalue weighted by molar-refractivity contribution is 5.79. The maximum absolute atomic E-state index is 12.5. The molecule has 25 heavy (non-hydrogen) atoms. The third kappa shape index (κ3) is 6.74. The fraction of sp³-hybridized carbons (Fsp3) is 0.333. The van der Waals surface area contributed by atoms with Crippen LogP contribution >= 0.6 is 0 Å². The zero-order valence-corrected chi connectivity index (χ0v) is 14.1. The number of halogens is 2. The Bertz CT molecular complexity index is 665. The van der Waals surface area contributed by atoms with Gasteiger partial charge in [0.2, 0.25) is 0 Å². The number of nitrogens with one attached hydrogen (secondary N) is 2. The van der Waals surface area contributed by atoms with Gasteiger partial charge in [-0.1, -0.05) is 24.3 Å². The van der Waals surface area contributed by atoms with Crippen LogP contribution in [0.1, 0.15) is 18.1 Å². The average molecular weight is 348 g/mol. The number of benzene rings is 1. The first-order valence-electron chi connectivity index (χ1n) is 8.13. The van der Waals surface area contributed by atoms with Crippen LogP contribution < -0.4 is 15.4 Å². The number of aliphatic imine (C=N–C) groups is 1. The Morgan fingerprint density at radius 2 is 2.04 bits per heavy atom. The molecule has 134 valence electrons. The van der Waals surface area contributed by atoms with E-state index < -0.39 is 6.61 Å². The highest BCUT2D eigenvalue weighted by Crippen LogP contribution is 2.20. The van der Waals surface area contributed by atoms with E-state index in [0.717, 1.165) is 12.0 Å². The Balaban J connectivity index is 1.95. The minimum atomic E-state index is -2.85. The molecule has 1 aromatic heterocycles. The van der Waals surface area contributed by atoms with E-state index in [4.69, 9.17) is 0 Å². The molecule has 0 saturated heterocycles. The fourth-order valence-corrected chi connectivity index (χ4v) is 2.22. The molecule has 7 heteroatoms. The van der Waals surface area contributed by atoms with E-state index in [1.807, 2.05) is 25.3 Å². The quantitative estimate of drug-likeness (QED) is 0.569. The third-order valence-corrected chi connectivity index (χ3v) is 3.37. The molecular weight excluding hydrogens is 326 g/mol. The smallest absolute Gasteiger partial charge is 0.387 e. The van der Waals surface area contributed by atoms with E-state index >= 15 is 0 Å². The standard InChI is InChI=1S/C18H22F2N4O/c1-2-22-18(23-11-9-14-6-5-10-21-12-14)24-13-15-7-3-4-8-16(15)25-17(19)20/h3-8,10,12,17H,2,9,11,13H2,1H3,(H2,22,23,24). The number of hydrogen-bond acceptors (Lipinski definition) is 3. The number of pyridine rings is 1. The van der Waals surface area contributed by atoms with E-state index in [0.29, 0.717) is 24.6 Å². The third-order valence-electron chi connectivity index (χ3n) is 3.37. The monoisotopic (exact) mass is 348 g/mol. The highest BCUT2D eigenvalue weighted by atomic mass is 19.3. The summed E-state index contributed by atoms with van der Waals surface area (Å²) in [6.07, 6.45) is 4.37. The zero-order chi connectivity index (χ0) is 17.9. The molecule has 2 rings (SSSR count). The van der Waals surface area contributed by atoms with Crippen molar-refractivity contribution in [3.8, 4) is 5.75 Å². The van der Waals surface area contributed by atoms with Crippen molar-refractivity contribution < 1.29 is 13.5 Å². The number of ether oxygens (including phenoxy) is 1. The van der Waals surface area contributed by atoms with Gasteiger partial charge in [0.1, 0.15) is 5.75 Å². The number of rotatable bonds is 8. The molecule has 0 aliphatic rings. The first kappa shape index (κ1) is 18.6. The van der Waals surface area contributed by atoms with E-state index in [1.54, 1.807) is 24.4 Å². The van der Waals surface area contributed by atoms with Gasteiger partial charge in [-0.25, -0.2) is 4.99 Å². The van der Waals surface area contributed by atoms with Crippen molar-refractivity contribution in [3.63, 3.8) is 0 Å². The van der Waals surface area contributed by atoms with Crippen LogP contribution in [0.3, 0.4) is 0 Å². The molecule has 1 heterocycles.